The molecule has 1 atom stereocenters. The van der Waals surface area contributed by atoms with Crippen LogP contribution in [0.5, 0.6) is 0 Å². The molecule has 0 aromatic heterocycles. The smallest absolute Gasteiger partial charge is 0.318 e. The summed E-state index contributed by atoms with van der Waals surface area (Å²) in [6.45, 7) is 4.94. The van der Waals surface area contributed by atoms with Gasteiger partial charge in [0.25, 0.3) is 0 Å². The summed E-state index contributed by atoms with van der Waals surface area (Å²) in [5, 5.41) is 5.61. The van der Waals surface area contributed by atoms with Gasteiger partial charge in [0.2, 0.25) is 5.91 Å². The molecule has 5 nitrogen and oxygen atoms in total. The highest BCUT2D eigenvalue weighted by Crippen LogP contribution is 2.22. The molecule has 5 heteroatoms. The molecule has 1 heterocycles. The Morgan fingerprint density at radius 3 is 2.53 bits per heavy atom. The first-order valence-electron chi connectivity index (χ1n) is 6.49. The van der Waals surface area contributed by atoms with Gasteiger partial charge in [-0.1, -0.05) is 30.3 Å². The van der Waals surface area contributed by atoms with Crippen LogP contribution in [-0.2, 0) is 4.79 Å². The van der Waals surface area contributed by atoms with E-state index in [1.165, 1.54) is 0 Å². The summed E-state index contributed by atoms with van der Waals surface area (Å²) in [5.74, 6) is -0.141. The molecule has 1 unspecified atom stereocenters. The van der Waals surface area contributed by atoms with Crippen LogP contribution in [0.2, 0.25) is 0 Å². The molecule has 1 fully saturated rings. The highest BCUT2D eigenvalue weighted by molar-refractivity contribution is 5.89. The maximum absolute atomic E-state index is 12.4. The van der Waals surface area contributed by atoms with Crippen LogP contribution in [0.1, 0.15) is 25.5 Å². The highest BCUT2D eigenvalue weighted by atomic mass is 16.2. The molecule has 0 spiro atoms. The van der Waals surface area contributed by atoms with E-state index in [1.807, 2.05) is 44.2 Å². The fraction of sp³-hybridized carbons (Fsp3) is 0.429. The Bertz CT molecular complexity index is 459. The summed E-state index contributed by atoms with van der Waals surface area (Å²) in [5.41, 5.74) is 0.831. The maximum atomic E-state index is 12.4. The minimum Gasteiger partial charge on any atom is -0.352 e. The van der Waals surface area contributed by atoms with Gasteiger partial charge in [0.05, 0.1) is 0 Å². The van der Waals surface area contributed by atoms with Gasteiger partial charge >= 0.3 is 6.03 Å². The first-order valence-corrected chi connectivity index (χ1v) is 6.49. The van der Waals surface area contributed by atoms with Gasteiger partial charge in [-0.15, -0.1) is 0 Å². The van der Waals surface area contributed by atoms with Gasteiger partial charge in [-0.3, -0.25) is 4.79 Å². The molecule has 0 aliphatic carbocycles. The van der Waals surface area contributed by atoms with Crippen molar-refractivity contribution >= 4 is 11.9 Å². The van der Waals surface area contributed by atoms with Crippen LogP contribution in [0.4, 0.5) is 4.79 Å². The average Bonchev–Trinajstić information content (AvgIpc) is 2.76. The molecule has 19 heavy (non-hydrogen) atoms. The van der Waals surface area contributed by atoms with Crippen molar-refractivity contribution in [3.8, 4) is 0 Å². The zero-order valence-corrected chi connectivity index (χ0v) is 11.2. The topological polar surface area (TPSA) is 61.4 Å². The van der Waals surface area contributed by atoms with Crippen LogP contribution in [0.25, 0.3) is 0 Å². The molecule has 0 bridgehead atoms. The molecule has 2 rings (SSSR count). The third kappa shape index (κ3) is 3.05. The van der Waals surface area contributed by atoms with E-state index in [1.54, 1.807) is 4.90 Å². The van der Waals surface area contributed by atoms with Crippen LogP contribution < -0.4 is 10.6 Å². The summed E-state index contributed by atoms with van der Waals surface area (Å²) in [4.78, 5) is 25.7. The van der Waals surface area contributed by atoms with Crippen LogP contribution in [-0.4, -0.2) is 36.0 Å². The van der Waals surface area contributed by atoms with Crippen LogP contribution in [0.15, 0.2) is 30.3 Å². The van der Waals surface area contributed by atoms with E-state index in [0.29, 0.717) is 13.1 Å². The zero-order valence-electron chi connectivity index (χ0n) is 11.2. The number of carbonyl (C=O) groups excluding carboxylic acids is 2. The van der Waals surface area contributed by atoms with Gasteiger partial charge in [0.1, 0.15) is 6.04 Å². The number of amides is 3. The fourth-order valence-electron chi connectivity index (χ4n) is 2.20. The number of rotatable bonds is 4. The molecular weight excluding hydrogens is 242 g/mol. The van der Waals surface area contributed by atoms with Gasteiger partial charge < -0.3 is 15.5 Å². The molecule has 102 valence electrons. The van der Waals surface area contributed by atoms with E-state index in [4.69, 9.17) is 0 Å². The molecule has 1 aromatic carbocycles. The van der Waals surface area contributed by atoms with E-state index >= 15 is 0 Å². The Morgan fingerprint density at radius 2 is 2.00 bits per heavy atom. The van der Waals surface area contributed by atoms with E-state index < -0.39 is 6.04 Å². The summed E-state index contributed by atoms with van der Waals surface area (Å²) < 4.78 is 0. The molecular formula is C14H19N3O2. The highest BCUT2D eigenvalue weighted by Gasteiger charge is 2.34. The van der Waals surface area contributed by atoms with Crippen molar-refractivity contribution in [2.75, 3.05) is 13.1 Å². The van der Waals surface area contributed by atoms with E-state index in [2.05, 4.69) is 10.6 Å². The first kappa shape index (κ1) is 13.4. The lowest BCUT2D eigenvalue weighted by atomic mass is 10.0. The van der Waals surface area contributed by atoms with Crippen LogP contribution >= 0.6 is 0 Å². The number of nitrogens with zero attached hydrogens (tertiary/aromatic N) is 1. The second kappa shape index (κ2) is 5.73. The fourth-order valence-corrected chi connectivity index (χ4v) is 2.20. The monoisotopic (exact) mass is 261 g/mol. The number of urea groups is 1. The summed E-state index contributed by atoms with van der Waals surface area (Å²) in [6.07, 6.45) is 0. The van der Waals surface area contributed by atoms with Gasteiger partial charge in [-0.2, -0.15) is 0 Å². The van der Waals surface area contributed by atoms with E-state index in [-0.39, 0.29) is 18.0 Å². The van der Waals surface area contributed by atoms with E-state index in [9.17, 15) is 9.59 Å². The molecule has 1 aliphatic rings. The van der Waals surface area contributed by atoms with E-state index in [0.717, 1.165) is 5.56 Å². The second-order valence-corrected chi connectivity index (χ2v) is 4.90. The Kier molecular flexibility index (Phi) is 4.04. The summed E-state index contributed by atoms with van der Waals surface area (Å²) in [6, 6.07) is 8.68. The minimum absolute atomic E-state index is 0.0457. The predicted molar refractivity (Wildman–Crippen MR) is 72.6 cm³/mol. The SMILES string of the molecule is CC(C)NC(=O)C(c1ccccc1)N1CCNC1=O. The van der Waals surface area contributed by atoms with Crippen molar-refractivity contribution in [2.45, 2.75) is 25.9 Å². The molecule has 0 radical (unpaired) electrons. The Labute approximate surface area is 113 Å². The van der Waals surface area contributed by atoms with Gasteiger partial charge in [0.15, 0.2) is 0 Å². The maximum Gasteiger partial charge on any atom is 0.318 e. The molecule has 2 N–H and O–H groups in total. The third-order valence-corrected chi connectivity index (χ3v) is 3.00. The lowest BCUT2D eigenvalue weighted by Crippen LogP contribution is -2.44. The quantitative estimate of drug-likeness (QED) is 0.857. The van der Waals surface area contributed by atoms with Crippen LogP contribution in [0, 0.1) is 0 Å². The molecule has 1 aromatic rings. The molecule has 0 saturated carbocycles. The van der Waals surface area contributed by atoms with Crippen molar-refractivity contribution < 1.29 is 9.59 Å². The largest absolute Gasteiger partial charge is 0.352 e. The second-order valence-electron chi connectivity index (χ2n) is 4.90. The first-order chi connectivity index (χ1) is 9.09. The Morgan fingerprint density at radius 1 is 1.32 bits per heavy atom. The van der Waals surface area contributed by atoms with Gasteiger partial charge in [-0.25, -0.2) is 4.79 Å². The number of benzene rings is 1. The molecule has 1 saturated heterocycles. The lowest BCUT2D eigenvalue weighted by molar-refractivity contribution is -0.126. The van der Waals surface area contributed by atoms with Gasteiger partial charge in [0, 0.05) is 19.1 Å². The lowest BCUT2D eigenvalue weighted by Gasteiger charge is -2.27. The third-order valence-electron chi connectivity index (χ3n) is 3.00. The predicted octanol–water partition coefficient (Wildman–Crippen LogP) is 1.28. The number of hydrogen-bond acceptors (Lipinski definition) is 2. The Hall–Kier alpha value is -2.04. The normalized spacial score (nSPS) is 16.4. The van der Waals surface area contributed by atoms with Crippen molar-refractivity contribution in [3.63, 3.8) is 0 Å². The van der Waals surface area contributed by atoms with Crippen molar-refractivity contribution in [1.82, 2.24) is 15.5 Å². The minimum atomic E-state index is -0.564. The standard InChI is InChI=1S/C14H19N3O2/c1-10(2)16-13(18)12(11-6-4-3-5-7-11)17-9-8-15-14(17)19/h3-7,10,12H,8-9H2,1-2H3,(H,15,19)(H,16,18). The van der Waals surface area contributed by atoms with Crippen molar-refractivity contribution in [1.29, 1.82) is 0 Å². The van der Waals surface area contributed by atoms with Crippen LogP contribution in [0.3, 0.4) is 0 Å². The molecule has 3 amide bonds. The molecule has 1 aliphatic heterocycles. The van der Waals surface area contributed by atoms with Crippen molar-refractivity contribution in [2.24, 2.45) is 0 Å². The average molecular weight is 261 g/mol. The summed E-state index contributed by atoms with van der Waals surface area (Å²) in [7, 11) is 0. The summed E-state index contributed by atoms with van der Waals surface area (Å²) >= 11 is 0. The Balaban J connectivity index is 2.28. The van der Waals surface area contributed by atoms with Gasteiger partial charge in [-0.05, 0) is 19.4 Å². The number of hydrogen-bond donors (Lipinski definition) is 2. The zero-order chi connectivity index (χ0) is 13.8. The number of carbonyl (C=O) groups is 2. The van der Waals surface area contributed by atoms with Crippen molar-refractivity contribution in [3.05, 3.63) is 35.9 Å². The number of nitrogens with one attached hydrogen (secondary N) is 2.